The van der Waals surface area contributed by atoms with Crippen molar-refractivity contribution in [2.45, 2.75) is 0 Å². The molecular formula is C8H10Cl2N2O2. The van der Waals surface area contributed by atoms with Crippen LogP contribution in [0.4, 0.5) is 5.69 Å². The number of nitrogen functional groups attached to an aromatic ring is 1. The van der Waals surface area contributed by atoms with Crippen molar-refractivity contribution in [3.8, 4) is 0 Å². The lowest BCUT2D eigenvalue weighted by Crippen LogP contribution is -1.91. The molecule has 0 amide bonds. The van der Waals surface area contributed by atoms with E-state index in [0.29, 0.717) is 11.3 Å². The van der Waals surface area contributed by atoms with Crippen LogP contribution in [-0.4, -0.2) is 16.1 Å². The zero-order valence-corrected chi connectivity index (χ0v) is 8.72. The summed E-state index contributed by atoms with van der Waals surface area (Å²) in [5, 5.41) is 8.32. The van der Waals surface area contributed by atoms with E-state index in [1.54, 1.807) is 12.3 Å². The maximum Gasteiger partial charge on any atom is 0.328 e. The number of anilines is 1. The number of carbonyl (C=O) groups is 1. The van der Waals surface area contributed by atoms with Crippen LogP contribution in [0.3, 0.4) is 0 Å². The number of halogens is 2. The lowest BCUT2D eigenvalue weighted by molar-refractivity contribution is -0.131. The third kappa shape index (κ3) is 4.69. The van der Waals surface area contributed by atoms with E-state index >= 15 is 0 Å². The van der Waals surface area contributed by atoms with E-state index in [-0.39, 0.29) is 24.8 Å². The Morgan fingerprint density at radius 2 is 2.14 bits per heavy atom. The van der Waals surface area contributed by atoms with Crippen LogP contribution >= 0.6 is 24.8 Å². The van der Waals surface area contributed by atoms with Gasteiger partial charge in [-0.05, 0) is 12.1 Å². The van der Waals surface area contributed by atoms with Crippen LogP contribution in [0.5, 0.6) is 0 Å². The maximum absolute atomic E-state index is 10.1. The largest absolute Gasteiger partial charge is 0.478 e. The van der Waals surface area contributed by atoms with Crippen LogP contribution in [0.15, 0.2) is 24.5 Å². The van der Waals surface area contributed by atoms with Crippen LogP contribution in [0.2, 0.25) is 0 Å². The zero-order chi connectivity index (χ0) is 8.97. The van der Waals surface area contributed by atoms with Gasteiger partial charge in [0, 0.05) is 29.7 Å². The highest BCUT2D eigenvalue weighted by atomic mass is 35.5. The fourth-order valence-electron chi connectivity index (χ4n) is 0.718. The SMILES string of the molecule is Cl.Cl.Nc1ccncc1/C=C/C(=O)O. The molecule has 0 spiro atoms. The van der Waals surface area contributed by atoms with Gasteiger partial charge >= 0.3 is 5.97 Å². The lowest BCUT2D eigenvalue weighted by atomic mass is 10.2. The molecule has 1 rings (SSSR count). The molecule has 0 aromatic carbocycles. The molecule has 1 heterocycles. The van der Waals surface area contributed by atoms with Crippen molar-refractivity contribution in [2.24, 2.45) is 0 Å². The molecule has 0 bridgehead atoms. The number of aliphatic carboxylic acids is 1. The molecule has 1 aromatic heterocycles. The summed E-state index contributed by atoms with van der Waals surface area (Å²) in [4.78, 5) is 13.9. The first kappa shape index (κ1) is 15.2. The monoisotopic (exact) mass is 236 g/mol. The molecule has 0 aliphatic carbocycles. The number of pyridine rings is 1. The summed E-state index contributed by atoms with van der Waals surface area (Å²) < 4.78 is 0. The van der Waals surface area contributed by atoms with Crippen molar-refractivity contribution in [2.75, 3.05) is 5.73 Å². The number of rotatable bonds is 2. The summed E-state index contributed by atoms with van der Waals surface area (Å²) in [5.41, 5.74) is 6.65. The standard InChI is InChI=1S/C8H8N2O2.2ClH/c9-7-3-4-10-5-6(7)1-2-8(11)12;;/h1-5H,(H2,9,10)(H,11,12);2*1H/b2-1+;;. The van der Waals surface area contributed by atoms with Crippen LogP contribution in [-0.2, 0) is 4.79 Å². The van der Waals surface area contributed by atoms with Gasteiger partial charge in [-0.25, -0.2) is 4.79 Å². The first-order valence-corrected chi connectivity index (χ1v) is 3.30. The average molecular weight is 237 g/mol. The van der Waals surface area contributed by atoms with Crippen molar-refractivity contribution in [1.29, 1.82) is 0 Å². The van der Waals surface area contributed by atoms with Crippen LogP contribution in [0.1, 0.15) is 5.56 Å². The van der Waals surface area contributed by atoms with Gasteiger partial charge in [-0.1, -0.05) is 0 Å². The fourth-order valence-corrected chi connectivity index (χ4v) is 0.718. The van der Waals surface area contributed by atoms with Gasteiger partial charge in [0.05, 0.1) is 0 Å². The number of carboxylic acids is 1. The molecule has 0 saturated carbocycles. The quantitative estimate of drug-likeness (QED) is 0.766. The molecule has 3 N–H and O–H groups in total. The minimum Gasteiger partial charge on any atom is -0.478 e. The average Bonchev–Trinajstić information content (AvgIpc) is 2.03. The Balaban J connectivity index is 0. The zero-order valence-electron chi connectivity index (χ0n) is 7.08. The molecule has 0 atom stereocenters. The molecule has 0 radical (unpaired) electrons. The van der Waals surface area contributed by atoms with Crippen molar-refractivity contribution in [1.82, 2.24) is 4.98 Å². The maximum atomic E-state index is 10.1. The number of carboxylic acid groups (broad SMARTS) is 1. The molecule has 6 heteroatoms. The minimum atomic E-state index is -1.00. The van der Waals surface area contributed by atoms with Crippen molar-refractivity contribution in [3.05, 3.63) is 30.1 Å². The van der Waals surface area contributed by atoms with Crippen LogP contribution in [0.25, 0.3) is 6.08 Å². The Kier molecular flexibility index (Phi) is 7.80. The molecule has 78 valence electrons. The summed E-state index contributed by atoms with van der Waals surface area (Å²) in [6.45, 7) is 0. The third-order valence-electron chi connectivity index (χ3n) is 1.29. The number of nitrogens with two attached hydrogens (primary N) is 1. The van der Waals surface area contributed by atoms with Gasteiger partial charge in [0.15, 0.2) is 0 Å². The highest BCUT2D eigenvalue weighted by Crippen LogP contribution is 2.09. The smallest absolute Gasteiger partial charge is 0.328 e. The Hall–Kier alpha value is -1.26. The topological polar surface area (TPSA) is 76.2 Å². The Labute approximate surface area is 93.7 Å². The summed E-state index contributed by atoms with van der Waals surface area (Å²) >= 11 is 0. The van der Waals surface area contributed by atoms with E-state index in [2.05, 4.69) is 4.98 Å². The molecule has 4 nitrogen and oxygen atoms in total. The third-order valence-corrected chi connectivity index (χ3v) is 1.29. The Bertz CT molecular complexity index is 329. The van der Waals surface area contributed by atoms with Gasteiger partial charge < -0.3 is 10.8 Å². The Morgan fingerprint density at radius 3 is 2.64 bits per heavy atom. The molecule has 0 unspecified atom stereocenters. The highest BCUT2D eigenvalue weighted by molar-refractivity contribution is 5.86. The predicted molar refractivity (Wildman–Crippen MR) is 59.8 cm³/mol. The van der Waals surface area contributed by atoms with E-state index < -0.39 is 5.97 Å². The van der Waals surface area contributed by atoms with E-state index in [1.807, 2.05) is 0 Å². The van der Waals surface area contributed by atoms with Gasteiger partial charge in [-0.2, -0.15) is 0 Å². The normalized spacial score (nSPS) is 8.86. The lowest BCUT2D eigenvalue weighted by Gasteiger charge is -1.95. The van der Waals surface area contributed by atoms with Crippen molar-refractivity contribution in [3.63, 3.8) is 0 Å². The molecule has 0 fully saturated rings. The molecule has 0 aliphatic heterocycles. The van der Waals surface area contributed by atoms with Gasteiger partial charge in [0.1, 0.15) is 0 Å². The highest BCUT2D eigenvalue weighted by Gasteiger charge is 1.93. The van der Waals surface area contributed by atoms with Crippen molar-refractivity contribution >= 4 is 42.5 Å². The second-order valence-electron chi connectivity index (χ2n) is 2.18. The molecule has 14 heavy (non-hydrogen) atoms. The number of hydrogen-bond donors (Lipinski definition) is 2. The number of nitrogens with zero attached hydrogens (tertiary/aromatic N) is 1. The van der Waals surface area contributed by atoms with E-state index in [0.717, 1.165) is 6.08 Å². The minimum absolute atomic E-state index is 0. The van der Waals surface area contributed by atoms with Crippen LogP contribution in [0, 0.1) is 0 Å². The summed E-state index contributed by atoms with van der Waals surface area (Å²) in [6, 6.07) is 1.61. The van der Waals surface area contributed by atoms with Gasteiger partial charge in [-0.3, -0.25) is 4.98 Å². The van der Waals surface area contributed by atoms with Gasteiger partial charge in [-0.15, -0.1) is 24.8 Å². The van der Waals surface area contributed by atoms with E-state index in [1.165, 1.54) is 12.3 Å². The fraction of sp³-hybridized carbons (Fsp3) is 0. The summed E-state index contributed by atoms with van der Waals surface area (Å²) in [6.07, 6.45) is 5.49. The first-order chi connectivity index (χ1) is 5.70. The van der Waals surface area contributed by atoms with E-state index in [9.17, 15) is 4.79 Å². The second-order valence-corrected chi connectivity index (χ2v) is 2.18. The number of aromatic nitrogens is 1. The Morgan fingerprint density at radius 1 is 1.50 bits per heavy atom. The van der Waals surface area contributed by atoms with Crippen LogP contribution < -0.4 is 5.73 Å². The van der Waals surface area contributed by atoms with Gasteiger partial charge in [0.25, 0.3) is 0 Å². The van der Waals surface area contributed by atoms with Gasteiger partial charge in [0.2, 0.25) is 0 Å². The summed E-state index contributed by atoms with van der Waals surface area (Å²) in [5.74, 6) is -1.00. The van der Waals surface area contributed by atoms with E-state index in [4.69, 9.17) is 10.8 Å². The van der Waals surface area contributed by atoms with Crippen molar-refractivity contribution < 1.29 is 9.90 Å². The molecule has 1 aromatic rings. The second kappa shape index (κ2) is 7.17. The molecular weight excluding hydrogens is 227 g/mol. The number of hydrogen-bond acceptors (Lipinski definition) is 3. The predicted octanol–water partition coefficient (Wildman–Crippen LogP) is 1.61. The first-order valence-electron chi connectivity index (χ1n) is 3.30. The molecule has 0 aliphatic rings. The molecule has 0 saturated heterocycles. The summed E-state index contributed by atoms with van der Waals surface area (Å²) in [7, 11) is 0.